The number of aryl methyl sites for hydroxylation is 1. The van der Waals surface area contributed by atoms with Crippen molar-refractivity contribution in [1.29, 1.82) is 0 Å². The lowest BCUT2D eigenvalue weighted by molar-refractivity contribution is -0.134. The molecule has 21 heavy (non-hydrogen) atoms. The molecule has 1 aromatic heterocycles. The Morgan fingerprint density at radius 3 is 2.86 bits per heavy atom. The predicted molar refractivity (Wildman–Crippen MR) is 78.5 cm³/mol. The van der Waals surface area contributed by atoms with E-state index in [1.807, 2.05) is 0 Å². The molecule has 1 aliphatic carbocycles. The minimum absolute atomic E-state index is 0.00511. The Kier molecular flexibility index (Phi) is 3.77. The Morgan fingerprint density at radius 1 is 1.38 bits per heavy atom. The van der Waals surface area contributed by atoms with Crippen LogP contribution in [-0.2, 0) is 34.0 Å². The van der Waals surface area contributed by atoms with Gasteiger partial charge in [-0.15, -0.1) is 0 Å². The number of hydrogen-bond donors (Lipinski definition) is 1. The quantitative estimate of drug-likeness (QED) is 0.890. The fourth-order valence-electron chi connectivity index (χ4n) is 3.28. The van der Waals surface area contributed by atoms with E-state index in [1.54, 1.807) is 11.9 Å². The number of amides is 1. The normalized spacial score (nSPS) is 23.8. The Morgan fingerprint density at radius 2 is 2.14 bits per heavy atom. The van der Waals surface area contributed by atoms with Crippen LogP contribution in [0.25, 0.3) is 0 Å². The molecule has 0 spiro atoms. The number of fused-ring (bicyclic) bond motifs is 1. The van der Waals surface area contributed by atoms with Crippen LogP contribution in [0.1, 0.15) is 36.2 Å². The molecule has 1 N–H and O–H groups in total. The standard InChI is InChI=1S/C14H21N3O3S/c1-17(14(18)10-6-7-21(19,20)9-10)8-13-11-4-2-3-5-12(11)15-16-13/h10H,2-9H2,1H3,(H,15,16)/t10-/m0/s1. The van der Waals surface area contributed by atoms with Crippen molar-refractivity contribution in [2.45, 2.75) is 38.6 Å². The Bertz CT molecular complexity index is 650. The summed E-state index contributed by atoms with van der Waals surface area (Å²) in [5, 5.41) is 7.41. The van der Waals surface area contributed by atoms with Gasteiger partial charge < -0.3 is 4.90 Å². The third-order valence-electron chi connectivity index (χ3n) is 4.49. The summed E-state index contributed by atoms with van der Waals surface area (Å²) in [6, 6.07) is 0. The van der Waals surface area contributed by atoms with E-state index >= 15 is 0 Å². The maximum Gasteiger partial charge on any atom is 0.226 e. The predicted octanol–water partition coefficient (Wildman–Crippen LogP) is 0.682. The summed E-state index contributed by atoms with van der Waals surface area (Å²) in [7, 11) is -1.29. The Hall–Kier alpha value is -1.37. The summed E-state index contributed by atoms with van der Waals surface area (Å²) < 4.78 is 23.0. The molecule has 0 unspecified atom stereocenters. The molecule has 1 aliphatic heterocycles. The number of hydrogen-bond acceptors (Lipinski definition) is 4. The van der Waals surface area contributed by atoms with Gasteiger partial charge in [-0.2, -0.15) is 5.10 Å². The highest BCUT2D eigenvalue weighted by Gasteiger charge is 2.34. The average Bonchev–Trinajstić information content (AvgIpc) is 3.02. The van der Waals surface area contributed by atoms with Crippen molar-refractivity contribution >= 4 is 15.7 Å². The van der Waals surface area contributed by atoms with Crippen LogP contribution in [0.3, 0.4) is 0 Å². The summed E-state index contributed by atoms with van der Waals surface area (Å²) in [5.74, 6) is -0.331. The van der Waals surface area contributed by atoms with Gasteiger partial charge >= 0.3 is 0 Å². The van der Waals surface area contributed by atoms with Gasteiger partial charge in [0.15, 0.2) is 9.84 Å². The number of H-pyrrole nitrogens is 1. The van der Waals surface area contributed by atoms with Gasteiger partial charge in [0.05, 0.1) is 29.7 Å². The molecule has 2 heterocycles. The lowest BCUT2D eigenvalue weighted by Gasteiger charge is -2.20. The van der Waals surface area contributed by atoms with Gasteiger partial charge in [0.2, 0.25) is 5.91 Å². The number of aromatic nitrogens is 2. The summed E-state index contributed by atoms with van der Waals surface area (Å²) in [4.78, 5) is 14.0. The molecule has 1 amide bonds. The Labute approximate surface area is 124 Å². The minimum atomic E-state index is -3.02. The zero-order valence-electron chi connectivity index (χ0n) is 12.3. The van der Waals surface area contributed by atoms with Crippen LogP contribution in [0.4, 0.5) is 0 Å². The van der Waals surface area contributed by atoms with Gasteiger partial charge in [-0.25, -0.2) is 8.42 Å². The smallest absolute Gasteiger partial charge is 0.226 e. The highest BCUT2D eigenvalue weighted by molar-refractivity contribution is 7.91. The topological polar surface area (TPSA) is 83.1 Å². The summed E-state index contributed by atoms with van der Waals surface area (Å²) >= 11 is 0. The molecule has 6 nitrogen and oxygen atoms in total. The molecule has 2 aliphatic rings. The molecule has 0 aromatic carbocycles. The van der Waals surface area contributed by atoms with E-state index in [0.717, 1.165) is 25.0 Å². The van der Waals surface area contributed by atoms with Crippen LogP contribution in [0.2, 0.25) is 0 Å². The average molecular weight is 311 g/mol. The van der Waals surface area contributed by atoms with Crippen molar-refractivity contribution in [1.82, 2.24) is 15.1 Å². The SMILES string of the molecule is CN(Cc1n[nH]c2c1CCCC2)C(=O)[C@H]1CCS(=O)(=O)C1. The van der Waals surface area contributed by atoms with Crippen LogP contribution in [0.5, 0.6) is 0 Å². The molecular formula is C14H21N3O3S. The first-order valence-electron chi connectivity index (χ1n) is 7.46. The second kappa shape index (κ2) is 5.44. The molecule has 0 saturated carbocycles. The van der Waals surface area contributed by atoms with Crippen LogP contribution in [-0.4, -0.2) is 48.0 Å². The molecule has 116 valence electrons. The van der Waals surface area contributed by atoms with Crippen molar-refractivity contribution in [3.05, 3.63) is 17.0 Å². The molecule has 1 aromatic rings. The van der Waals surface area contributed by atoms with Crippen molar-refractivity contribution in [2.75, 3.05) is 18.6 Å². The van der Waals surface area contributed by atoms with Gasteiger partial charge in [0, 0.05) is 12.7 Å². The van der Waals surface area contributed by atoms with E-state index in [2.05, 4.69) is 10.2 Å². The number of carbonyl (C=O) groups excluding carboxylic acids is 1. The molecule has 1 saturated heterocycles. The largest absolute Gasteiger partial charge is 0.340 e. The zero-order chi connectivity index (χ0) is 15.0. The minimum Gasteiger partial charge on any atom is -0.340 e. The highest BCUT2D eigenvalue weighted by Crippen LogP contribution is 2.24. The molecule has 0 radical (unpaired) electrons. The lowest BCUT2D eigenvalue weighted by atomic mass is 9.96. The van der Waals surface area contributed by atoms with Gasteiger partial charge in [-0.3, -0.25) is 9.89 Å². The van der Waals surface area contributed by atoms with Crippen LogP contribution < -0.4 is 0 Å². The molecule has 3 rings (SSSR count). The van der Waals surface area contributed by atoms with Crippen LogP contribution in [0.15, 0.2) is 0 Å². The van der Waals surface area contributed by atoms with Crippen LogP contribution in [0, 0.1) is 5.92 Å². The third-order valence-corrected chi connectivity index (χ3v) is 6.25. The molecule has 7 heteroatoms. The number of carbonyl (C=O) groups is 1. The molecule has 0 bridgehead atoms. The molecule has 1 fully saturated rings. The fourth-order valence-corrected chi connectivity index (χ4v) is 5.02. The first-order chi connectivity index (χ1) is 9.96. The fraction of sp³-hybridized carbons (Fsp3) is 0.714. The van der Waals surface area contributed by atoms with E-state index in [0.29, 0.717) is 13.0 Å². The van der Waals surface area contributed by atoms with Crippen LogP contribution >= 0.6 is 0 Å². The summed E-state index contributed by atoms with van der Waals surface area (Å²) in [5.41, 5.74) is 3.38. The Balaban J connectivity index is 1.68. The van der Waals surface area contributed by atoms with E-state index in [9.17, 15) is 13.2 Å². The van der Waals surface area contributed by atoms with E-state index < -0.39 is 9.84 Å². The second-order valence-electron chi connectivity index (χ2n) is 6.13. The number of sulfone groups is 1. The van der Waals surface area contributed by atoms with Crippen molar-refractivity contribution in [3.63, 3.8) is 0 Å². The maximum absolute atomic E-state index is 12.4. The summed E-state index contributed by atoms with van der Waals surface area (Å²) in [6.45, 7) is 0.460. The van der Waals surface area contributed by atoms with Crippen molar-refractivity contribution in [3.8, 4) is 0 Å². The van der Waals surface area contributed by atoms with Gasteiger partial charge in [-0.05, 0) is 37.7 Å². The van der Waals surface area contributed by atoms with Crippen molar-refractivity contribution < 1.29 is 13.2 Å². The highest BCUT2D eigenvalue weighted by atomic mass is 32.2. The number of aromatic amines is 1. The third kappa shape index (κ3) is 2.97. The monoisotopic (exact) mass is 311 g/mol. The van der Waals surface area contributed by atoms with Gasteiger partial charge in [0.1, 0.15) is 0 Å². The lowest BCUT2D eigenvalue weighted by Crippen LogP contribution is -2.33. The van der Waals surface area contributed by atoms with E-state index in [1.165, 1.54) is 17.7 Å². The van der Waals surface area contributed by atoms with E-state index in [-0.39, 0.29) is 23.3 Å². The number of rotatable bonds is 3. The zero-order valence-corrected chi connectivity index (χ0v) is 13.1. The molecular weight excluding hydrogens is 290 g/mol. The number of nitrogens with one attached hydrogen (secondary N) is 1. The first kappa shape index (κ1) is 14.6. The first-order valence-corrected chi connectivity index (χ1v) is 9.29. The summed E-state index contributed by atoms with van der Waals surface area (Å²) in [6.07, 6.45) is 4.84. The van der Waals surface area contributed by atoms with Gasteiger partial charge in [-0.1, -0.05) is 0 Å². The van der Waals surface area contributed by atoms with Gasteiger partial charge in [0.25, 0.3) is 0 Å². The molecule has 1 atom stereocenters. The van der Waals surface area contributed by atoms with Crippen molar-refractivity contribution in [2.24, 2.45) is 5.92 Å². The second-order valence-corrected chi connectivity index (χ2v) is 8.36. The number of nitrogens with zero attached hydrogens (tertiary/aromatic N) is 2. The maximum atomic E-state index is 12.4. The van der Waals surface area contributed by atoms with E-state index in [4.69, 9.17) is 0 Å².